The maximum atomic E-state index is 14.2. The largest absolute Gasteiger partial charge is 0.416 e. The zero-order valence-electron chi connectivity index (χ0n) is 37.1. The number of hydrogen-bond acceptors (Lipinski definition) is 12. The highest BCUT2D eigenvalue weighted by molar-refractivity contribution is 7.99. The van der Waals surface area contributed by atoms with Crippen LogP contribution in [0, 0.1) is 10.8 Å². The van der Waals surface area contributed by atoms with Gasteiger partial charge in [-0.3, -0.25) is 30.0 Å². The Labute approximate surface area is 398 Å². The Morgan fingerprint density at radius 3 is 1.36 bits per heavy atom. The lowest BCUT2D eigenvalue weighted by atomic mass is 9.95. The third-order valence-corrected chi connectivity index (χ3v) is 14.0. The summed E-state index contributed by atoms with van der Waals surface area (Å²) in [6.07, 6.45) is -6.48. The van der Waals surface area contributed by atoms with Crippen LogP contribution in [0.5, 0.6) is 0 Å². The topological polar surface area (TPSA) is 233 Å². The minimum absolute atomic E-state index is 0.0407. The molecule has 0 aliphatic carbocycles. The molecule has 364 valence electrons. The van der Waals surface area contributed by atoms with Crippen LogP contribution in [0.2, 0.25) is 0 Å². The van der Waals surface area contributed by atoms with Crippen molar-refractivity contribution in [3.63, 3.8) is 0 Å². The first kappa shape index (κ1) is 55.0. The molecule has 0 radical (unpaired) electrons. The van der Waals surface area contributed by atoms with E-state index in [0.717, 1.165) is 24.3 Å². The van der Waals surface area contributed by atoms with Crippen molar-refractivity contribution in [2.75, 3.05) is 24.6 Å². The summed E-state index contributed by atoms with van der Waals surface area (Å²) in [6, 6.07) is 8.82. The molecule has 0 saturated carbocycles. The van der Waals surface area contributed by atoms with Crippen LogP contribution < -0.4 is 22.9 Å². The van der Waals surface area contributed by atoms with Gasteiger partial charge in [0, 0.05) is 92.2 Å². The molecule has 10 N–H and O–H groups in total. The molecule has 20 heteroatoms. The summed E-state index contributed by atoms with van der Waals surface area (Å²) in [4.78, 5) is 58.5. The van der Waals surface area contributed by atoms with Crippen LogP contribution in [0.1, 0.15) is 108 Å². The molecule has 0 spiro atoms. The minimum Gasteiger partial charge on any atom is -0.388 e. The van der Waals surface area contributed by atoms with E-state index in [4.69, 9.17) is 33.8 Å². The number of nitrogens with zero attached hydrogens (tertiary/aromatic N) is 1. The van der Waals surface area contributed by atoms with Crippen LogP contribution in [0.4, 0.5) is 26.3 Å². The second-order valence-corrected chi connectivity index (χ2v) is 19.6. The molecule has 0 saturated heterocycles. The van der Waals surface area contributed by atoms with Crippen molar-refractivity contribution < 1.29 is 45.5 Å². The molecule has 0 bridgehead atoms. The lowest BCUT2D eigenvalue weighted by molar-refractivity contribution is -0.138. The Bertz CT molecular complexity index is 2280. The predicted octanol–water partition coefficient (Wildman–Crippen LogP) is 9.14. The number of hydrogen-bond donors (Lipinski definition) is 6. The number of thioether (sulfide) groups is 2. The molecule has 0 amide bonds. The van der Waals surface area contributed by atoms with Crippen molar-refractivity contribution in [2.24, 2.45) is 22.9 Å². The van der Waals surface area contributed by atoms with Crippen molar-refractivity contribution in [3.8, 4) is 0 Å². The van der Waals surface area contributed by atoms with Gasteiger partial charge in [0.05, 0.1) is 39.4 Å². The van der Waals surface area contributed by atoms with Gasteiger partial charge < -0.3 is 22.9 Å². The number of carbonyl (C=O) groups excluding carboxylic acids is 4. The van der Waals surface area contributed by atoms with Crippen LogP contribution in [-0.2, 0) is 70.1 Å². The minimum atomic E-state index is -4.74. The third kappa shape index (κ3) is 18.4. The van der Waals surface area contributed by atoms with E-state index in [-0.39, 0.29) is 116 Å². The Morgan fingerprint density at radius 2 is 0.955 bits per heavy atom. The van der Waals surface area contributed by atoms with Gasteiger partial charge in [-0.25, -0.2) is 4.98 Å². The standard InChI is InChI=1S/C47H57F6N7O4S3/c48-46(49,50)33-19-29(23-35(61)7-3-1-5-9-41(56)57)44(65-15-13-54)31(21-33)25-37(63)17-28-11-12-39-40(18-28)67-43(60-39)27-38(64)26-32-22-34(47(51,52)53)20-30(45(32)66-16-14-55)24-36(62)8-4-2-6-10-42(58)59/h11-12,18-22H,1-10,13-17,23-27,54-55H2,(H3,56,57)(H3,58,59). The van der Waals surface area contributed by atoms with E-state index < -0.39 is 29.3 Å². The number of fused-ring (bicyclic) bond motifs is 1. The summed E-state index contributed by atoms with van der Waals surface area (Å²) >= 11 is 3.55. The molecule has 3 aromatic carbocycles. The van der Waals surface area contributed by atoms with Gasteiger partial charge in [-0.05, 0) is 89.9 Å². The van der Waals surface area contributed by atoms with Gasteiger partial charge in [-0.15, -0.1) is 34.9 Å². The average molecular weight is 994 g/mol. The number of rotatable bonds is 30. The molecule has 67 heavy (non-hydrogen) atoms. The van der Waals surface area contributed by atoms with Gasteiger partial charge in [0.1, 0.15) is 28.1 Å². The van der Waals surface area contributed by atoms with Gasteiger partial charge in [0.2, 0.25) is 0 Å². The van der Waals surface area contributed by atoms with E-state index >= 15 is 0 Å². The molecule has 0 fully saturated rings. The Kier molecular flexibility index (Phi) is 21.5. The van der Waals surface area contributed by atoms with E-state index in [2.05, 4.69) is 4.98 Å². The zero-order valence-corrected chi connectivity index (χ0v) is 39.5. The monoisotopic (exact) mass is 993 g/mol. The lowest BCUT2D eigenvalue weighted by Crippen LogP contribution is -2.14. The van der Waals surface area contributed by atoms with Crippen molar-refractivity contribution in [3.05, 3.63) is 86.4 Å². The highest BCUT2D eigenvalue weighted by Crippen LogP contribution is 2.39. The van der Waals surface area contributed by atoms with Crippen molar-refractivity contribution in [1.29, 1.82) is 10.8 Å². The van der Waals surface area contributed by atoms with E-state index in [1.807, 2.05) is 0 Å². The number of aromatic nitrogens is 1. The molecular formula is C47H57F6N7O4S3. The van der Waals surface area contributed by atoms with Crippen molar-refractivity contribution in [1.82, 2.24) is 4.98 Å². The number of thiazole rings is 1. The van der Waals surface area contributed by atoms with Crippen molar-refractivity contribution >= 4 is 79.9 Å². The van der Waals surface area contributed by atoms with E-state index in [0.29, 0.717) is 93.5 Å². The molecule has 11 nitrogen and oxygen atoms in total. The Hall–Kier alpha value is -4.63. The van der Waals surface area contributed by atoms with Crippen molar-refractivity contribution in [2.45, 2.75) is 125 Å². The van der Waals surface area contributed by atoms with Crippen LogP contribution in [-0.4, -0.2) is 64.4 Å². The normalized spacial score (nSPS) is 11.9. The van der Waals surface area contributed by atoms with E-state index in [1.54, 1.807) is 18.2 Å². The third-order valence-electron chi connectivity index (χ3n) is 10.5. The quantitative estimate of drug-likeness (QED) is 0.00948. The second kappa shape index (κ2) is 26.2. The average Bonchev–Trinajstić information content (AvgIpc) is 3.63. The van der Waals surface area contributed by atoms with Crippen LogP contribution in [0.25, 0.3) is 10.2 Å². The van der Waals surface area contributed by atoms with Crippen LogP contribution in [0.15, 0.2) is 52.3 Å². The summed E-state index contributed by atoms with van der Waals surface area (Å²) < 4.78 is 85.7. The van der Waals surface area contributed by atoms with E-state index in [9.17, 15) is 45.5 Å². The van der Waals surface area contributed by atoms with E-state index in [1.165, 1.54) is 34.9 Å². The molecule has 1 aromatic heterocycles. The predicted molar refractivity (Wildman–Crippen MR) is 254 cm³/mol. The highest BCUT2D eigenvalue weighted by atomic mass is 32.2. The number of amidine groups is 2. The molecule has 0 aliphatic heterocycles. The fraction of sp³-hybridized carbons (Fsp3) is 0.468. The number of halogens is 6. The first-order chi connectivity index (χ1) is 31.7. The van der Waals surface area contributed by atoms with Gasteiger partial charge in [0.25, 0.3) is 0 Å². The number of nitrogens with two attached hydrogens (primary N) is 4. The fourth-order valence-electron chi connectivity index (χ4n) is 7.43. The molecule has 4 aromatic rings. The lowest BCUT2D eigenvalue weighted by Gasteiger charge is -2.18. The number of unbranched alkanes of at least 4 members (excludes halogenated alkanes) is 4. The molecule has 0 unspecified atom stereocenters. The first-order valence-corrected chi connectivity index (χ1v) is 24.7. The number of Topliss-reactive ketones (excluding diaryl/α,β-unsaturated/α-hetero) is 4. The number of carbonyl (C=O) groups is 4. The summed E-state index contributed by atoms with van der Waals surface area (Å²) in [5, 5.41) is 15.1. The smallest absolute Gasteiger partial charge is 0.388 e. The second-order valence-electron chi connectivity index (χ2n) is 16.3. The van der Waals surface area contributed by atoms with Gasteiger partial charge in [0.15, 0.2) is 0 Å². The number of alkyl halides is 6. The molecular weight excluding hydrogens is 937 g/mol. The molecule has 0 aliphatic rings. The Morgan fingerprint density at radius 1 is 0.552 bits per heavy atom. The summed E-state index contributed by atoms with van der Waals surface area (Å²) in [7, 11) is 0. The van der Waals surface area contributed by atoms with Gasteiger partial charge in [-0.2, -0.15) is 26.3 Å². The number of ketones is 4. The summed E-state index contributed by atoms with van der Waals surface area (Å²) in [5.41, 5.74) is 22.0. The zero-order chi connectivity index (χ0) is 49.3. The maximum absolute atomic E-state index is 14.2. The summed E-state index contributed by atoms with van der Waals surface area (Å²) in [5.74, 6) is -0.545. The number of nitrogens with one attached hydrogen (secondary N) is 2. The Balaban J connectivity index is 1.51. The highest BCUT2D eigenvalue weighted by Gasteiger charge is 2.34. The summed E-state index contributed by atoms with van der Waals surface area (Å²) in [6.45, 7) is 0.414. The SMILES string of the molecule is N=C(N)CCCCCC(=O)Cc1cc(C(F)(F)F)cc(CC(=O)Cc2ccc3nc(CC(=O)Cc4cc(C(F)(F)F)cc(CC(=O)CCCCCC(=N)N)c4SCCN)sc3c2)c1SCCN. The first-order valence-electron chi connectivity index (χ1n) is 21.9. The molecule has 4 rings (SSSR count). The maximum Gasteiger partial charge on any atom is 0.416 e. The molecule has 1 heterocycles. The fourth-order valence-corrected chi connectivity index (χ4v) is 10.4. The van der Waals surface area contributed by atoms with Crippen LogP contribution in [0.3, 0.4) is 0 Å². The molecule has 0 atom stereocenters. The van der Waals surface area contributed by atoms with Gasteiger partial charge >= 0.3 is 12.4 Å². The van der Waals surface area contributed by atoms with Crippen LogP contribution >= 0.6 is 34.9 Å². The van der Waals surface area contributed by atoms with Gasteiger partial charge in [-0.1, -0.05) is 18.9 Å². The number of benzene rings is 3.